The van der Waals surface area contributed by atoms with Gasteiger partial charge in [0, 0.05) is 11.6 Å². The summed E-state index contributed by atoms with van der Waals surface area (Å²) in [7, 11) is 0. The molecule has 0 amide bonds. The average Bonchev–Trinajstić information content (AvgIpc) is 2.75. The Labute approximate surface area is 110 Å². The Morgan fingerprint density at radius 2 is 2.00 bits per heavy atom. The van der Waals surface area contributed by atoms with E-state index in [0.29, 0.717) is 18.4 Å². The Bertz CT molecular complexity index is 701. The highest BCUT2D eigenvalue weighted by Crippen LogP contribution is 2.13. The van der Waals surface area contributed by atoms with Crippen molar-refractivity contribution in [2.24, 2.45) is 0 Å². The smallest absolute Gasteiger partial charge is 0.223 e. The Hall–Kier alpha value is -2.43. The van der Waals surface area contributed by atoms with Crippen molar-refractivity contribution in [3.63, 3.8) is 0 Å². The van der Waals surface area contributed by atoms with Crippen molar-refractivity contribution in [2.75, 3.05) is 5.32 Å². The number of nitrogens with zero attached hydrogens (tertiary/aromatic N) is 3. The van der Waals surface area contributed by atoms with E-state index in [9.17, 15) is 0 Å². The van der Waals surface area contributed by atoms with Crippen molar-refractivity contribution in [1.82, 2.24) is 15.0 Å². The summed E-state index contributed by atoms with van der Waals surface area (Å²) in [5.74, 6) is 2.06. The molecule has 0 atom stereocenters. The van der Waals surface area contributed by atoms with Crippen LogP contribution in [0.1, 0.15) is 17.3 Å². The van der Waals surface area contributed by atoms with Crippen LogP contribution in [0.2, 0.25) is 0 Å². The predicted octanol–water partition coefficient (Wildman–Crippen LogP) is 2.85. The number of para-hydroxylation sites is 1. The Morgan fingerprint density at radius 3 is 2.79 bits per heavy atom. The number of benzene rings is 1. The molecule has 1 N–H and O–H groups in total. The molecule has 3 aromatic rings. The molecule has 0 bridgehead atoms. The van der Waals surface area contributed by atoms with Gasteiger partial charge < -0.3 is 9.73 Å². The minimum atomic E-state index is 0.479. The van der Waals surface area contributed by atoms with Gasteiger partial charge in [-0.2, -0.15) is 0 Å². The topological polar surface area (TPSA) is 63.8 Å². The zero-order chi connectivity index (χ0) is 13.2. The van der Waals surface area contributed by atoms with Gasteiger partial charge in [0.1, 0.15) is 5.76 Å². The van der Waals surface area contributed by atoms with Gasteiger partial charge in [-0.15, -0.1) is 0 Å². The Balaban J connectivity index is 1.78. The van der Waals surface area contributed by atoms with E-state index in [4.69, 9.17) is 4.42 Å². The SMILES string of the molecule is Cc1nc(CNc2ncc3ccccc3n2)oc1C. The molecular weight excluding hydrogens is 240 g/mol. The molecule has 1 aromatic carbocycles. The minimum Gasteiger partial charge on any atom is -0.444 e. The first-order valence-corrected chi connectivity index (χ1v) is 6.11. The molecule has 0 saturated carbocycles. The normalized spacial score (nSPS) is 10.8. The molecule has 5 heteroatoms. The zero-order valence-corrected chi connectivity index (χ0v) is 10.8. The molecule has 0 aliphatic carbocycles. The van der Waals surface area contributed by atoms with Gasteiger partial charge in [-0.1, -0.05) is 18.2 Å². The third-order valence-electron chi connectivity index (χ3n) is 2.96. The summed E-state index contributed by atoms with van der Waals surface area (Å²) in [4.78, 5) is 13.0. The monoisotopic (exact) mass is 254 g/mol. The first kappa shape index (κ1) is 11.6. The van der Waals surface area contributed by atoms with E-state index < -0.39 is 0 Å². The molecule has 3 rings (SSSR count). The van der Waals surface area contributed by atoms with Gasteiger partial charge in [0.05, 0.1) is 17.8 Å². The van der Waals surface area contributed by atoms with Gasteiger partial charge in [0.2, 0.25) is 11.8 Å². The molecule has 0 radical (unpaired) electrons. The lowest BCUT2D eigenvalue weighted by Crippen LogP contribution is -2.03. The van der Waals surface area contributed by atoms with Gasteiger partial charge in [0.15, 0.2) is 0 Å². The van der Waals surface area contributed by atoms with Gasteiger partial charge >= 0.3 is 0 Å². The highest BCUT2D eigenvalue weighted by molar-refractivity contribution is 5.78. The summed E-state index contributed by atoms with van der Waals surface area (Å²) < 4.78 is 5.49. The number of fused-ring (bicyclic) bond motifs is 1. The van der Waals surface area contributed by atoms with Gasteiger partial charge in [0.25, 0.3) is 0 Å². The van der Waals surface area contributed by atoms with Crippen LogP contribution < -0.4 is 5.32 Å². The van der Waals surface area contributed by atoms with Crippen LogP contribution in [0.5, 0.6) is 0 Å². The maximum absolute atomic E-state index is 5.49. The Morgan fingerprint density at radius 1 is 1.16 bits per heavy atom. The lowest BCUT2D eigenvalue weighted by Gasteiger charge is -2.03. The van der Waals surface area contributed by atoms with Crippen LogP contribution in [0.3, 0.4) is 0 Å². The number of hydrogen-bond acceptors (Lipinski definition) is 5. The first-order valence-electron chi connectivity index (χ1n) is 6.11. The van der Waals surface area contributed by atoms with E-state index >= 15 is 0 Å². The van der Waals surface area contributed by atoms with Crippen LogP contribution in [0, 0.1) is 13.8 Å². The van der Waals surface area contributed by atoms with E-state index in [0.717, 1.165) is 22.4 Å². The molecule has 0 aliphatic rings. The number of rotatable bonds is 3. The quantitative estimate of drug-likeness (QED) is 0.778. The highest BCUT2D eigenvalue weighted by Gasteiger charge is 2.06. The molecule has 0 spiro atoms. The van der Waals surface area contributed by atoms with Crippen LogP contribution in [0.15, 0.2) is 34.9 Å². The van der Waals surface area contributed by atoms with Crippen molar-refractivity contribution in [1.29, 1.82) is 0 Å². The predicted molar refractivity (Wildman–Crippen MR) is 72.8 cm³/mol. The molecular formula is C14H14N4O. The first-order chi connectivity index (χ1) is 9.22. The maximum Gasteiger partial charge on any atom is 0.223 e. The van der Waals surface area contributed by atoms with Crippen LogP contribution in [-0.4, -0.2) is 15.0 Å². The van der Waals surface area contributed by atoms with Crippen LogP contribution >= 0.6 is 0 Å². The molecule has 5 nitrogen and oxygen atoms in total. The van der Waals surface area contributed by atoms with Crippen molar-refractivity contribution >= 4 is 16.9 Å². The number of aryl methyl sites for hydroxylation is 2. The molecule has 19 heavy (non-hydrogen) atoms. The minimum absolute atomic E-state index is 0.479. The van der Waals surface area contributed by atoms with Gasteiger partial charge in [-0.25, -0.2) is 15.0 Å². The fourth-order valence-electron chi connectivity index (χ4n) is 1.83. The fourth-order valence-corrected chi connectivity index (χ4v) is 1.83. The second kappa shape index (κ2) is 4.68. The van der Waals surface area contributed by atoms with E-state index in [2.05, 4.69) is 20.3 Å². The lowest BCUT2D eigenvalue weighted by atomic mass is 10.2. The maximum atomic E-state index is 5.49. The number of anilines is 1. The molecule has 0 saturated heterocycles. The second-order valence-corrected chi connectivity index (χ2v) is 4.36. The summed E-state index contributed by atoms with van der Waals surface area (Å²) in [6.07, 6.45) is 1.80. The average molecular weight is 254 g/mol. The van der Waals surface area contributed by atoms with E-state index in [1.807, 2.05) is 38.1 Å². The van der Waals surface area contributed by atoms with Crippen molar-refractivity contribution in [3.8, 4) is 0 Å². The molecule has 0 aliphatic heterocycles. The fraction of sp³-hybridized carbons (Fsp3) is 0.214. The summed E-state index contributed by atoms with van der Waals surface area (Å²) in [5, 5.41) is 4.14. The molecule has 2 heterocycles. The van der Waals surface area contributed by atoms with Crippen molar-refractivity contribution in [2.45, 2.75) is 20.4 Å². The van der Waals surface area contributed by atoms with E-state index in [-0.39, 0.29) is 0 Å². The Kier molecular flexibility index (Phi) is 2.87. The number of nitrogens with one attached hydrogen (secondary N) is 1. The van der Waals surface area contributed by atoms with E-state index in [1.165, 1.54) is 0 Å². The van der Waals surface area contributed by atoms with Crippen LogP contribution in [-0.2, 0) is 6.54 Å². The zero-order valence-electron chi connectivity index (χ0n) is 10.8. The third kappa shape index (κ3) is 2.40. The molecule has 0 fully saturated rings. The summed E-state index contributed by atoms with van der Waals surface area (Å²) in [5.41, 5.74) is 1.83. The van der Waals surface area contributed by atoms with E-state index in [1.54, 1.807) is 6.20 Å². The number of oxazole rings is 1. The molecule has 0 unspecified atom stereocenters. The summed E-state index contributed by atoms with van der Waals surface area (Å²) in [6, 6.07) is 7.87. The highest BCUT2D eigenvalue weighted by atomic mass is 16.4. The lowest BCUT2D eigenvalue weighted by molar-refractivity contribution is 0.478. The van der Waals surface area contributed by atoms with Crippen LogP contribution in [0.4, 0.5) is 5.95 Å². The standard InChI is InChI=1S/C14H14N4O/c1-9-10(2)19-13(17-9)8-16-14-15-7-11-5-3-4-6-12(11)18-14/h3-7H,8H2,1-2H3,(H,15,16,18). The third-order valence-corrected chi connectivity index (χ3v) is 2.96. The second-order valence-electron chi connectivity index (χ2n) is 4.36. The largest absolute Gasteiger partial charge is 0.444 e. The molecule has 96 valence electrons. The summed E-state index contributed by atoms with van der Waals surface area (Å²) in [6.45, 7) is 4.31. The van der Waals surface area contributed by atoms with Gasteiger partial charge in [-0.3, -0.25) is 0 Å². The van der Waals surface area contributed by atoms with Crippen molar-refractivity contribution < 1.29 is 4.42 Å². The van der Waals surface area contributed by atoms with Gasteiger partial charge in [-0.05, 0) is 19.9 Å². The summed E-state index contributed by atoms with van der Waals surface area (Å²) >= 11 is 0. The number of hydrogen-bond donors (Lipinski definition) is 1. The number of aromatic nitrogens is 3. The van der Waals surface area contributed by atoms with Crippen LogP contribution in [0.25, 0.3) is 10.9 Å². The van der Waals surface area contributed by atoms with Crippen molar-refractivity contribution in [3.05, 3.63) is 47.8 Å². The molecule has 2 aromatic heterocycles.